The van der Waals surface area contributed by atoms with Gasteiger partial charge in [-0.25, -0.2) is 0 Å². The first-order valence-electron chi connectivity index (χ1n) is 7.08. The Morgan fingerprint density at radius 3 is 2.73 bits per heavy atom. The molecule has 0 amide bonds. The van der Waals surface area contributed by atoms with Gasteiger partial charge >= 0.3 is 5.97 Å². The van der Waals surface area contributed by atoms with Gasteiger partial charge in [0.25, 0.3) is 0 Å². The maximum absolute atomic E-state index is 10.6. The number of carbonyl (C=O) groups is 1. The van der Waals surface area contributed by atoms with Crippen molar-refractivity contribution in [1.82, 2.24) is 5.32 Å². The molecular formula is C16H20N2O4. The van der Waals surface area contributed by atoms with Crippen molar-refractivity contribution in [1.29, 1.82) is 0 Å². The summed E-state index contributed by atoms with van der Waals surface area (Å²) in [5.74, 6) is 0.424. The molecular weight excluding hydrogens is 284 g/mol. The molecule has 1 aliphatic rings. The highest BCUT2D eigenvalue weighted by atomic mass is 16.5. The molecule has 0 saturated carbocycles. The number of benzene rings is 1. The quantitative estimate of drug-likeness (QED) is 0.844. The Morgan fingerprint density at radius 1 is 1.27 bits per heavy atom. The summed E-state index contributed by atoms with van der Waals surface area (Å²) < 4.78 is 10.5. The zero-order valence-corrected chi connectivity index (χ0v) is 12.8. The number of hydrogen-bond donors (Lipinski definition) is 2. The fourth-order valence-corrected chi connectivity index (χ4v) is 2.28. The second kappa shape index (κ2) is 7.49. The third-order valence-corrected chi connectivity index (χ3v) is 3.33. The number of hydrogen-bond acceptors (Lipinski definition) is 5. The second-order valence-electron chi connectivity index (χ2n) is 4.91. The van der Waals surface area contributed by atoms with Crippen molar-refractivity contribution in [2.45, 2.75) is 19.3 Å². The van der Waals surface area contributed by atoms with Gasteiger partial charge in [-0.05, 0) is 37.5 Å². The van der Waals surface area contributed by atoms with Crippen LogP contribution in [0.25, 0.3) is 0 Å². The summed E-state index contributed by atoms with van der Waals surface area (Å²) in [5.41, 5.74) is 2.61. The molecule has 0 bridgehead atoms. The van der Waals surface area contributed by atoms with Gasteiger partial charge in [-0.1, -0.05) is 0 Å². The number of carboxylic acid groups (broad SMARTS) is 1. The molecule has 118 valence electrons. The molecule has 22 heavy (non-hydrogen) atoms. The van der Waals surface area contributed by atoms with Gasteiger partial charge in [0.15, 0.2) is 11.5 Å². The number of aliphatic imine (C=N–C) groups is 1. The van der Waals surface area contributed by atoms with Crippen molar-refractivity contribution >= 4 is 17.4 Å². The molecule has 2 rings (SSSR count). The monoisotopic (exact) mass is 304 g/mol. The summed E-state index contributed by atoms with van der Waals surface area (Å²) in [6.45, 7) is -0.0739. The molecule has 1 aromatic carbocycles. The SMILES string of the molecule is COc1ccc(N=C2C=C(NCC(=O)O)CCC2)cc1OC. The summed E-state index contributed by atoms with van der Waals surface area (Å²) in [7, 11) is 3.18. The van der Waals surface area contributed by atoms with Crippen LogP contribution in [0.5, 0.6) is 11.5 Å². The van der Waals surface area contributed by atoms with E-state index in [1.807, 2.05) is 24.3 Å². The van der Waals surface area contributed by atoms with E-state index in [2.05, 4.69) is 10.3 Å². The zero-order chi connectivity index (χ0) is 15.9. The van der Waals surface area contributed by atoms with E-state index in [1.165, 1.54) is 0 Å². The largest absolute Gasteiger partial charge is 0.493 e. The standard InChI is InChI=1S/C16H20N2O4/c1-21-14-7-6-13(9-15(14)22-2)18-12-5-3-4-11(8-12)17-10-16(19)20/h6-9,17H,3-5,10H2,1-2H3,(H,19,20). The predicted molar refractivity (Wildman–Crippen MR) is 84.2 cm³/mol. The lowest BCUT2D eigenvalue weighted by Gasteiger charge is -2.15. The van der Waals surface area contributed by atoms with Crippen LogP contribution in [-0.4, -0.2) is 37.6 Å². The Morgan fingerprint density at radius 2 is 2.05 bits per heavy atom. The number of aliphatic carboxylic acids is 1. The first-order chi connectivity index (χ1) is 10.6. The lowest BCUT2D eigenvalue weighted by molar-refractivity contribution is -0.135. The normalized spacial score (nSPS) is 16.1. The van der Waals surface area contributed by atoms with Crippen LogP contribution in [0.4, 0.5) is 5.69 Å². The molecule has 1 aliphatic carbocycles. The van der Waals surface area contributed by atoms with Gasteiger partial charge in [0.05, 0.1) is 19.9 Å². The van der Waals surface area contributed by atoms with Crippen LogP contribution in [0.15, 0.2) is 35.0 Å². The summed E-state index contributed by atoms with van der Waals surface area (Å²) in [6, 6.07) is 5.49. The molecule has 6 nitrogen and oxygen atoms in total. The van der Waals surface area contributed by atoms with Crippen molar-refractivity contribution in [3.63, 3.8) is 0 Å². The third-order valence-electron chi connectivity index (χ3n) is 3.33. The van der Waals surface area contributed by atoms with Crippen molar-refractivity contribution in [2.75, 3.05) is 20.8 Å². The number of rotatable bonds is 6. The minimum Gasteiger partial charge on any atom is -0.493 e. The predicted octanol–water partition coefficient (Wildman–Crippen LogP) is 2.52. The number of carboxylic acids is 1. The highest BCUT2D eigenvalue weighted by Gasteiger charge is 2.10. The van der Waals surface area contributed by atoms with E-state index in [-0.39, 0.29) is 6.54 Å². The number of nitrogens with one attached hydrogen (secondary N) is 1. The molecule has 0 radical (unpaired) electrons. The molecule has 0 aliphatic heterocycles. The van der Waals surface area contributed by atoms with E-state index in [9.17, 15) is 4.79 Å². The third kappa shape index (κ3) is 4.25. The minimum absolute atomic E-state index is 0.0739. The topological polar surface area (TPSA) is 80.2 Å². The van der Waals surface area contributed by atoms with Gasteiger partial charge in [0.2, 0.25) is 0 Å². The smallest absolute Gasteiger partial charge is 0.322 e. The fourth-order valence-electron chi connectivity index (χ4n) is 2.28. The average molecular weight is 304 g/mol. The van der Waals surface area contributed by atoms with E-state index < -0.39 is 5.97 Å². The van der Waals surface area contributed by atoms with E-state index in [4.69, 9.17) is 14.6 Å². The van der Waals surface area contributed by atoms with Gasteiger partial charge < -0.3 is 19.9 Å². The van der Waals surface area contributed by atoms with E-state index in [1.54, 1.807) is 14.2 Å². The highest BCUT2D eigenvalue weighted by Crippen LogP contribution is 2.31. The summed E-state index contributed by atoms with van der Waals surface area (Å²) in [5, 5.41) is 11.6. The number of methoxy groups -OCH3 is 2. The summed E-state index contributed by atoms with van der Waals surface area (Å²) in [6.07, 6.45) is 4.58. The number of ether oxygens (including phenoxy) is 2. The van der Waals surface area contributed by atoms with Crippen molar-refractivity contribution in [3.05, 3.63) is 30.0 Å². The van der Waals surface area contributed by atoms with E-state index in [0.29, 0.717) is 11.5 Å². The summed E-state index contributed by atoms with van der Waals surface area (Å²) >= 11 is 0. The van der Waals surface area contributed by atoms with Gasteiger partial charge in [0, 0.05) is 17.5 Å². The van der Waals surface area contributed by atoms with E-state index in [0.717, 1.165) is 36.4 Å². The number of nitrogens with zero attached hydrogens (tertiary/aromatic N) is 1. The van der Waals surface area contributed by atoms with Crippen LogP contribution in [0, 0.1) is 0 Å². The molecule has 0 atom stereocenters. The Bertz CT molecular complexity index is 608. The Hall–Kier alpha value is -2.50. The minimum atomic E-state index is -0.871. The maximum atomic E-state index is 10.6. The molecule has 0 spiro atoms. The molecule has 0 aromatic heterocycles. The molecule has 1 aromatic rings. The van der Waals surface area contributed by atoms with Crippen LogP contribution in [0.1, 0.15) is 19.3 Å². The second-order valence-corrected chi connectivity index (χ2v) is 4.91. The number of allylic oxidation sites excluding steroid dienone is 2. The highest BCUT2D eigenvalue weighted by molar-refractivity contribution is 5.98. The fraction of sp³-hybridized carbons (Fsp3) is 0.375. The van der Waals surface area contributed by atoms with Crippen LogP contribution in [-0.2, 0) is 4.79 Å². The van der Waals surface area contributed by atoms with Crippen LogP contribution < -0.4 is 14.8 Å². The van der Waals surface area contributed by atoms with Crippen LogP contribution in [0.2, 0.25) is 0 Å². The first kappa shape index (κ1) is 15.9. The van der Waals surface area contributed by atoms with E-state index >= 15 is 0 Å². The Kier molecular flexibility index (Phi) is 5.41. The molecule has 0 heterocycles. The maximum Gasteiger partial charge on any atom is 0.322 e. The molecule has 0 saturated heterocycles. The summed E-state index contributed by atoms with van der Waals surface area (Å²) in [4.78, 5) is 15.2. The Balaban J connectivity index is 2.17. The van der Waals surface area contributed by atoms with Gasteiger partial charge in [-0.3, -0.25) is 9.79 Å². The van der Waals surface area contributed by atoms with Crippen molar-refractivity contribution in [3.8, 4) is 11.5 Å². The van der Waals surface area contributed by atoms with Crippen LogP contribution >= 0.6 is 0 Å². The van der Waals surface area contributed by atoms with Crippen LogP contribution in [0.3, 0.4) is 0 Å². The molecule has 2 N–H and O–H groups in total. The average Bonchev–Trinajstić information content (AvgIpc) is 2.53. The van der Waals surface area contributed by atoms with Gasteiger partial charge in [-0.2, -0.15) is 0 Å². The van der Waals surface area contributed by atoms with Gasteiger partial charge in [-0.15, -0.1) is 0 Å². The Labute approximate surface area is 129 Å². The van der Waals surface area contributed by atoms with Gasteiger partial charge in [0.1, 0.15) is 6.54 Å². The molecule has 0 unspecified atom stereocenters. The lowest BCUT2D eigenvalue weighted by atomic mass is 10.0. The van der Waals surface area contributed by atoms with Crippen molar-refractivity contribution in [2.24, 2.45) is 4.99 Å². The molecule has 6 heteroatoms. The van der Waals surface area contributed by atoms with Crippen molar-refractivity contribution < 1.29 is 19.4 Å². The lowest BCUT2D eigenvalue weighted by Crippen LogP contribution is -2.24. The molecule has 0 fully saturated rings. The zero-order valence-electron chi connectivity index (χ0n) is 12.8. The first-order valence-corrected chi connectivity index (χ1v) is 7.08.